The summed E-state index contributed by atoms with van der Waals surface area (Å²) >= 11 is 7.60. The first kappa shape index (κ1) is 16.1. The molecule has 1 amide bonds. The van der Waals surface area contributed by atoms with Gasteiger partial charge in [-0.05, 0) is 43.3 Å². The van der Waals surface area contributed by atoms with E-state index in [1.807, 2.05) is 48.0 Å². The minimum atomic E-state index is -0.0433. The molecule has 0 saturated heterocycles. The quantitative estimate of drug-likeness (QED) is 0.569. The minimum absolute atomic E-state index is 0.0433. The zero-order valence-electron chi connectivity index (χ0n) is 13.5. The molecule has 0 radical (unpaired) electrons. The van der Waals surface area contributed by atoms with Crippen LogP contribution in [0.5, 0.6) is 0 Å². The second-order valence-electron chi connectivity index (χ2n) is 5.78. The van der Waals surface area contributed by atoms with Gasteiger partial charge in [-0.3, -0.25) is 9.48 Å². The van der Waals surface area contributed by atoms with E-state index in [9.17, 15) is 4.79 Å². The van der Waals surface area contributed by atoms with Crippen LogP contribution < -0.4 is 5.32 Å². The SMILES string of the molecule is Cc1nc2ccc(NC(=O)CCn3ncc4cc(Cl)ccc43)cc2s1. The molecule has 0 fully saturated rings. The maximum Gasteiger partial charge on any atom is 0.226 e. The second-order valence-corrected chi connectivity index (χ2v) is 7.46. The van der Waals surface area contributed by atoms with Crippen molar-refractivity contribution in [1.29, 1.82) is 0 Å². The molecule has 0 aliphatic heterocycles. The molecule has 2 heterocycles. The van der Waals surface area contributed by atoms with E-state index >= 15 is 0 Å². The lowest BCUT2D eigenvalue weighted by atomic mass is 10.2. The fourth-order valence-corrected chi connectivity index (χ4v) is 3.83. The van der Waals surface area contributed by atoms with Crippen molar-refractivity contribution in [3.8, 4) is 0 Å². The van der Waals surface area contributed by atoms with Gasteiger partial charge in [-0.1, -0.05) is 11.6 Å². The molecule has 4 aromatic rings. The first-order valence-electron chi connectivity index (χ1n) is 7.86. The molecule has 25 heavy (non-hydrogen) atoms. The van der Waals surface area contributed by atoms with Gasteiger partial charge in [0.15, 0.2) is 0 Å². The summed E-state index contributed by atoms with van der Waals surface area (Å²) in [7, 11) is 0. The zero-order valence-corrected chi connectivity index (χ0v) is 15.1. The molecule has 5 nitrogen and oxygen atoms in total. The number of nitrogens with zero attached hydrogens (tertiary/aromatic N) is 3. The Morgan fingerprint density at radius 3 is 3.04 bits per heavy atom. The van der Waals surface area contributed by atoms with Crippen molar-refractivity contribution in [2.45, 2.75) is 19.9 Å². The number of halogens is 1. The van der Waals surface area contributed by atoms with Crippen LogP contribution in [0.1, 0.15) is 11.4 Å². The van der Waals surface area contributed by atoms with Gasteiger partial charge in [-0.25, -0.2) is 4.98 Å². The topological polar surface area (TPSA) is 59.8 Å². The van der Waals surface area contributed by atoms with Gasteiger partial charge in [0, 0.05) is 22.5 Å². The maximum absolute atomic E-state index is 12.3. The van der Waals surface area contributed by atoms with Crippen LogP contribution in [0.25, 0.3) is 21.1 Å². The molecule has 0 saturated carbocycles. The number of aryl methyl sites for hydroxylation is 2. The molecule has 0 bridgehead atoms. The minimum Gasteiger partial charge on any atom is -0.326 e. The van der Waals surface area contributed by atoms with Crippen molar-refractivity contribution in [2.24, 2.45) is 0 Å². The number of rotatable bonds is 4. The highest BCUT2D eigenvalue weighted by molar-refractivity contribution is 7.18. The van der Waals surface area contributed by atoms with E-state index in [1.165, 1.54) is 0 Å². The summed E-state index contributed by atoms with van der Waals surface area (Å²) in [5.41, 5.74) is 2.72. The Hall–Kier alpha value is -2.44. The number of aromatic nitrogens is 3. The van der Waals surface area contributed by atoms with Gasteiger partial charge in [0.1, 0.15) is 0 Å². The van der Waals surface area contributed by atoms with Crippen molar-refractivity contribution in [2.75, 3.05) is 5.32 Å². The number of carbonyl (C=O) groups excluding carboxylic acids is 1. The van der Waals surface area contributed by atoms with E-state index in [0.29, 0.717) is 18.0 Å². The summed E-state index contributed by atoms with van der Waals surface area (Å²) in [5.74, 6) is -0.0433. The molecule has 0 aliphatic carbocycles. The Labute approximate surface area is 153 Å². The first-order chi connectivity index (χ1) is 12.1. The van der Waals surface area contributed by atoms with E-state index < -0.39 is 0 Å². The van der Waals surface area contributed by atoms with Crippen LogP contribution >= 0.6 is 22.9 Å². The molecule has 1 N–H and O–H groups in total. The number of hydrogen-bond acceptors (Lipinski definition) is 4. The molecule has 2 aromatic heterocycles. The lowest BCUT2D eigenvalue weighted by molar-refractivity contribution is -0.116. The third kappa shape index (κ3) is 3.36. The van der Waals surface area contributed by atoms with Crippen LogP contribution in [0, 0.1) is 6.92 Å². The van der Waals surface area contributed by atoms with Gasteiger partial charge in [0.05, 0.1) is 33.5 Å². The molecule has 126 valence electrons. The fourth-order valence-electron chi connectivity index (χ4n) is 2.78. The molecule has 2 aromatic carbocycles. The van der Waals surface area contributed by atoms with E-state index in [0.717, 1.165) is 31.8 Å². The van der Waals surface area contributed by atoms with Gasteiger partial charge < -0.3 is 5.32 Å². The van der Waals surface area contributed by atoms with Gasteiger partial charge in [-0.2, -0.15) is 5.10 Å². The molecule has 7 heteroatoms. The average Bonchev–Trinajstić information content (AvgIpc) is 3.14. The highest BCUT2D eigenvalue weighted by Crippen LogP contribution is 2.25. The summed E-state index contributed by atoms with van der Waals surface area (Å²) in [6.07, 6.45) is 2.11. The van der Waals surface area contributed by atoms with Gasteiger partial charge in [0.25, 0.3) is 0 Å². The highest BCUT2D eigenvalue weighted by Gasteiger charge is 2.08. The van der Waals surface area contributed by atoms with Crippen molar-refractivity contribution in [1.82, 2.24) is 14.8 Å². The van der Waals surface area contributed by atoms with Crippen LogP contribution in [-0.2, 0) is 11.3 Å². The molecule has 0 atom stereocenters. The summed E-state index contributed by atoms with van der Waals surface area (Å²) in [4.78, 5) is 16.7. The number of benzene rings is 2. The number of nitrogens with one attached hydrogen (secondary N) is 1. The Morgan fingerprint density at radius 2 is 2.16 bits per heavy atom. The number of carbonyl (C=O) groups is 1. The lowest BCUT2D eigenvalue weighted by Crippen LogP contribution is -2.14. The van der Waals surface area contributed by atoms with Gasteiger partial charge >= 0.3 is 0 Å². The Morgan fingerprint density at radius 1 is 1.28 bits per heavy atom. The molecular weight excluding hydrogens is 356 g/mol. The molecule has 4 rings (SSSR count). The summed E-state index contributed by atoms with van der Waals surface area (Å²) < 4.78 is 2.89. The average molecular weight is 371 g/mol. The number of thiazole rings is 1. The van der Waals surface area contributed by atoms with E-state index in [-0.39, 0.29) is 5.91 Å². The van der Waals surface area contributed by atoms with E-state index in [4.69, 9.17) is 11.6 Å². The maximum atomic E-state index is 12.3. The van der Waals surface area contributed by atoms with E-state index in [2.05, 4.69) is 15.4 Å². The van der Waals surface area contributed by atoms with Crippen molar-refractivity contribution >= 4 is 55.7 Å². The Balaban J connectivity index is 1.44. The highest BCUT2D eigenvalue weighted by atomic mass is 35.5. The zero-order chi connectivity index (χ0) is 17.4. The van der Waals surface area contributed by atoms with Gasteiger partial charge in [-0.15, -0.1) is 11.3 Å². The van der Waals surface area contributed by atoms with Crippen LogP contribution in [0.2, 0.25) is 5.02 Å². The smallest absolute Gasteiger partial charge is 0.226 e. The third-order valence-corrected chi connectivity index (χ3v) is 5.10. The lowest BCUT2D eigenvalue weighted by Gasteiger charge is -2.06. The van der Waals surface area contributed by atoms with Crippen molar-refractivity contribution in [3.63, 3.8) is 0 Å². The number of hydrogen-bond donors (Lipinski definition) is 1. The number of amides is 1. The summed E-state index contributed by atoms with van der Waals surface area (Å²) in [6.45, 7) is 2.49. The van der Waals surface area contributed by atoms with Crippen molar-refractivity contribution in [3.05, 3.63) is 52.6 Å². The van der Waals surface area contributed by atoms with Gasteiger partial charge in [0.2, 0.25) is 5.91 Å². The predicted molar refractivity (Wildman–Crippen MR) is 102 cm³/mol. The van der Waals surface area contributed by atoms with Crippen LogP contribution in [0.4, 0.5) is 5.69 Å². The standard InChI is InChI=1S/C18H15ClN4OS/c1-11-21-15-4-3-14(9-17(15)25-11)22-18(24)6-7-23-16-5-2-13(19)8-12(16)10-20-23/h2-5,8-10H,6-7H2,1H3,(H,22,24). The van der Waals surface area contributed by atoms with Crippen molar-refractivity contribution < 1.29 is 4.79 Å². The fraction of sp³-hybridized carbons (Fsp3) is 0.167. The predicted octanol–water partition coefficient (Wildman–Crippen LogP) is 4.64. The molecule has 0 unspecified atom stereocenters. The largest absolute Gasteiger partial charge is 0.326 e. The third-order valence-electron chi connectivity index (χ3n) is 3.93. The van der Waals surface area contributed by atoms with E-state index in [1.54, 1.807) is 17.5 Å². The van der Waals surface area contributed by atoms with Crippen LogP contribution in [-0.4, -0.2) is 20.7 Å². The summed E-state index contributed by atoms with van der Waals surface area (Å²) in [6, 6.07) is 11.4. The molecular formula is C18H15ClN4OS. The number of fused-ring (bicyclic) bond motifs is 2. The summed E-state index contributed by atoms with van der Waals surface area (Å²) in [5, 5.41) is 9.94. The Bertz CT molecular complexity index is 1090. The normalized spacial score (nSPS) is 11.3. The molecule has 0 spiro atoms. The number of anilines is 1. The van der Waals surface area contributed by atoms with Crippen LogP contribution in [0.15, 0.2) is 42.6 Å². The second kappa shape index (κ2) is 6.46. The Kier molecular flexibility index (Phi) is 4.15. The first-order valence-corrected chi connectivity index (χ1v) is 9.06. The van der Waals surface area contributed by atoms with Crippen LogP contribution in [0.3, 0.4) is 0 Å². The molecule has 0 aliphatic rings. The monoisotopic (exact) mass is 370 g/mol.